The summed E-state index contributed by atoms with van der Waals surface area (Å²) >= 11 is 0. The van der Waals surface area contributed by atoms with Gasteiger partial charge in [-0.1, -0.05) is 85.8 Å². The quantitative estimate of drug-likeness (QED) is 0.119. The van der Waals surface area contributed by atoms with Crippen LogP contribution in [0.15, 0.2) is 103 Å². The number of nitrogens with zero attached hydrogens (tertiary/aromatic N) is 1. The molecule has 0 aromatic heterocycles. The number of aromatic hydroxyl groups is 1. The average molecular weight is 684 g/mol. The Hall–Kier alpha value is -4.78. The summed E-state index contributed by atoms with van der Waals surface area (Å²) in [6, 6.07) is 29.3. The van der Waals surface area contributed by atoms with Crippen LogP contribution in [-0.4, -0.2) is 71.6 Å². The van der Waals surface area contributed by atoms with Crippen molar-refractivity contribution in [1.29, 1.82) is 0 Å². The number of amides is 2. The number of ether oxygens (including phenoxy) is 3. The van der Waals surface area contributed by atoms with Crippen LogP contribution in [0.2, 0.25) is 0 Å². The second-order valence-electron chi connectivity index (χ2n) is 12.6. The Labute approximate surface area is 292 Å². The van der Waals surface area contributed by atoms with Crippen molar-refractivity contribution in [2.45, 2.75) is 50.6 Å². The van der Waals surface area contributed by atoms with Gasteiger partial charge in [-0.25, -0.2) is 9.59 Å². The Morgan fingerprint density at radius 2 is 1.60 bits per heavy atom. The molecule has 4 aromatic carbocycles. The molecule has 6 unspecified atom stereocenters. The molecule has 0 saturated carbocycles. The number of esters is 1. The van der Waals surface area contributed by atoms with Crippen molar-refractivity contribution in [3.8, 4) is 5.75 Å². The number of anilines is 1. The third-order valence-corrected chi connectivity index (χ3v) is 8.87. The van der Waals surface area contributed by atoms with E-state index in [1.807, 2.05) is 78.7 Å². The number of carbonyl (C=O) groups is 2. The number of aliphatic hydroxyl groups is 2. The minimum atomic E-state index is -0.868. The number of phenols is 1. The van der Waals surface area contributed by atoms with Crippen molar-refractivity contribution in [2.24, 2.45) is 5.92 Å². The van der Waals surface area contributed by atoms with E-state index in [2.05, 4.69) is 17.6 Å². The Kier molecular flexibility index (Phi) is 12.6. The molecule has 0 radical (unpaired) electrons. The van der Waals surface area contributed by atoms with Gasteiger partial charge in [-0.3, -0.25) is 0 Å². The largest absolute Gasteiger partial charge is 0.508 e. The van der Waals surface area contributed by atoms with Crippen molar-refractivity contribution >= 4 is 17.7 Å². The van der Waals surface area contributed by atoms with E-state index in [0.717, 1.165) is 22.3 Å². The number of nitrogens with one attached hydrogen (secondary N) is 2. The van der Waals surface area contributed by atoms with E-state index in [1.165, 1.54) is 7.11 Å². The minimum absolute atomic E-state index is 0.0587. The van der Waals surface area contributed by atoms with E-state index >= 15 is 0 Å². The number of hydrogen-bond acceptors (Lipinski definition) is 9. The second-order valence-corrected chi connectivity index (χ2v) is 12.6. The van der Waals surface area contributed by atoms with Gasteiger partial charge in [0.1, 0.15) is 11.8 Å². The first-order valence-corrected chi connectivity index (χ1v) is 16.6. The number of urea groups is 1. The topological polar surface area (TPSA) is 150 Å². The van der Waals surface area contributed by atoms with Crippen LogP contribution in [0.5, 0.6) is 5.75 Å². The highest BCUT2D eigenvalue weighted by Crippen LogP contribution is 2.42. The van der Waals surface area contributed by atoms with E-state index in [9.17, 15) is 24.9 Å². The highest BCUT2D eigenvalue weighted by atomic mass is 16.7. The van der Waals surface area contributed by atoms with Gasteiger partial charge in [0.25, 0.3) is 0 Å². The summed E-state index contributed by atoms with van der Waals surface area (Å²) in [6.45, 7) is 2.82. The highest BCUT2D eigenvalue weighted by Gasteiger charge is 2.39. The fourth-order valence-electron chi connectivity index (χ4n) is 6.08. The maximum atomic E-state index is 12.9. The molecule has 11 heteroatoms. The molecule has 4 aromatic rings. The maximum Gasteiger partial charge on any atom is 0.328 e. The molecule has 0 spiro atoms. The number of benzene rings is 4. The molecule has 1 fully saturated rings. The SMILES string of the molecule is COC(=O)C(Cc1ccccc1)NC(=O)Nc1ccc(C2OC(CN(C)CC(O)c3cccc(O)c3)C(C)C(c3ccc(CO)cc3)O2)cc1. The molecule has 11 nitrogen and oxygen atoms in total. The zero-order valence-electron chi connectivity index (χ0n) is 28.4. The summed E-state index contributed by atoms with van der Waals surface area (Å²) in [5.41, 5.74) is 4.50. The fraction of sp³-hybridized carbons (Fsp3) is 0.333. The van der Waals surface area contributed by atoms with Crippen LogP contribution in [0.3, 0.4) is 0 Å². The van der Waals surface area contributed by atoms with E-state index in [0.29, 0.717) is 24.3 Å². The van der Waals surface area contributed by atoms with Gasteiger partial charge in [-0.05, 0) is 53.6 Å². The molecule has 264 valence electrons. The number of aliphatic hydroxyl groups excluding tert-OH is 2. The number of likely N-dealkylation sites (N-methyl/N-ethyl adjacent to an activating group) is 1. The molecule has 5 rings (SSSR count). The first-order valence-electron chi connectivity index (χ1n) is 16.6. The van der Waals surface area contributed by atoms with Crippen LogP contribution in [0, 0.1) is 5.92 Å². The molecule has 0 bridgehead atoms. The number of phenolic OH excluding ortho intramolecular Hbond substituents is 1. The maximum absolute atomic E-state index is 12.9. The Balaban J connectivity index is 1.28. The van der Waals surface area contributed by atoms with E-state index < -0.39 is 30.4 Å². The minimum Gasteiger partial charge on any atom is -0.508 e. The van der Waals surface area contributed by atoms with Gasteiger partial charge in [-0.15, -0.1) is 0 Å². The van der Waals surface area contributed by atoms with Crippen molar-refractivity contribution in [2.75, 3.05) is 32.6 Å². The Bertz CT molecular complexity index is 1690. The molecular formula is C39H45N3O8. The normalized spacial score (nSPS) is 20.1. The lowest BCUT2D eigenvalue weighted by Crippen LogP contribution is -2.45. The van der Waals surface area contributed by atoms with E-state index in [4.69, 9.17) is 14.2 Å². The van der Waals surface area contributed by atoms with Gasteiger partial charge in [0.05, 0.1) is 32.0 Å². The first kappa shape index (κ1) is 36.5. The molecule has 1 aliphatic heterocycles. The lowest BCUT2D eigenvalue weighted by molar-refractivity contribution is -0.276. The van der Waals surface area contributed by atoms with Crippen molar-refractivity contribution in [1.82, 2.24) is 10.2 Å². The lowest BCUT2D eigenvalue weighted by Gasteiger charge is -2.42. The lowest BCUT2D eigenvalue weighted by atomic mass is 9.90. The molecule has 2 amide bonds. The molecule has 6 atom stereocenters. The van der Waals surface area contributed by atoms with Gasteiger partial charge in [0.2, 0.25) is 0 Å². The van der Waals surface area contributed by atoms with Crippen molar-refractivity contribution in [3.63, 3.8) is 0 Å². The van der Waals surface area contributed by atoms with Crippen LogP contribution >= 0.6 is 0 Å². The zero-order chi connectivity index (χ0) is 35.6. The molecule has 0 aliphatic carbocycles. The van der Waals surface area contributed by atoms with Gasteiger partial charge >= 0.3 is 12.0 Å². The number of methoxy groups -OCH3 is 1. The summed E-state index contributed by atoms with van der Waals surface area (Å²) in [6.07, 6.45) is -1.89. The Morgan fingerprint density at radius 1 is 0.900 bits per heavy atom. The second kappa shape index (κ2) is 17.2. The molecule has 5 N–H and O–H groups in total. The zero-order valence-corrected chi connectivity index (χ0v) is 28.4. The summed E-state index contributed by atoms with van der Waals surface area (Å²) in [4.78, 5) is 27.3. The fourth-order valence-corrected chi connectivity index (χ4v) is 6.08. The summed E-state index contributed by atoms with van der Waals surface area (Å²) < 4.78 is 18.0. The number of rotatable bonds is 13. The first-order chi connectivity index (χ1) is 24.1. The monoisotopic (exact) mass is 683 g/mol. The van der Waals surface area contributed by atoms with Gasteiger partial charge in [0, 0.05) is 36.7 Å². The van der Waals surface area contributed by atoms with Gasteiger partial charge in [0.15, 0.2) is 6.29 Å². The summed E-state index contributed by atoms with van der Waals surface area (Å²) in [7, 11) is 3.19. The van der Waals surface area contributed by atoms with Crippen molar-refractivity contribution in [3.05, 3.63) is 131 Å². The van der Waals surface area contributed by atoms with Crippen molar-refractivity contribution < 1.29 is 39.1 Å². The highest BCUT2D eigenvalue weighted by molar-refractivity contribution is 5.92. The van der Waals surface area contributed by atoms with Crippen LogP contribution < -0.4 is 10.6 Å². The molecule has 1 heterocycles. The molecule has 1 aliphatic rings. The van der Waals surface area contributed by atoms with Gasteiger partial charge in [-0.2, -0.15) is 0 Å². The van der Waals surface area contributed by atoms with E-state index in [1.54, 1.807) is 36.4 Å². The third-order valence-electron chi connectivity index (χ3n) is 8.87. The molecule has 50 heavy (non-hydrogen) atoms. The predicted octanol–water partition coefficient (Wildman–Crippen LogP) is 5.25. The summed E-state index contributed by atoms with van der Waals surface area (Å²) in [5, 5.41) is 35.8. The predicted molar refractivity (Wildman–Crippen MR) is 188 cm³/mol. The van der Waals surface area contributed by atoms with Crippen LogP contribution in [-0.2, 0) is 32.0 Å². The van der Waals surface area contributed by atoms with Gasteiger partial charge < -0.3 is 45.1 Å². The summed E-state index contributed by atoms with van der Waals surface area (Å²) in [5.74, 6) is -0.525. The molecule has 1 saturated heterocycles. The third kappa shape index (κ3) is 9.68. The van der Waals surface area contributed by atoms with Crippen LogP contribution in [0.1, 0.15) is 53.2 Å². The smallest absolute Gasteiger partial charge is 0.328 e. The standard InChI is InChI=1S/C39H45N3O8/c1-25-35(23-42(2)22-34(45)30-10-7-11-32(44)21-30)49-38(50-36(25)28-14-12-27(24-43)13-15-28)29-16-18-31(19-17-29)40-39(47)41-33(37(46)48-3)20-26-8-5-4-6-9-26/h4-19,21,25,33-36,38,43-45H,20,22-24H2,1-3H3,(H2,40,41,47). The van der Waals surface area contributed by atoms with Crippen LogP contribution in [0.25, 0.3) is 0 Å². The van der Waals surface area contributed by atoms with Crippen LogP contribution in [0.4, 0.5) is 10.5 Å². The Morgan fingerprint density at radius 3 is 2.26 bits per heavy atom. The average Bonchev–Trinajstić information content (AvgIpc) is 3.12. The molecular weight excluding hydrogens is 638 g/mol. The number of hydrogen-bond donors (Lipinski definition) is 5. The van der Waals surface area contributed by atoms with E-state index in [-0.39, 0.29) is 36.9 Å². The number of carbonyl (C=O) groups excluding carboxylic acids is 2.